The Morgan fingerprint density at radius 3 is 2.70 bits per heavy atom. The van der Waals surface area contributed by atoms with E-state index in [1.165, 1.54) is 38.9 Å². The predicted molar refractivity (Wildman–Crippen MR) is 146 cm³/mol. The molecule has 37 heavy (non-hydrogen) atoms. The van der Waals surface area contributed by atoms with E-state index in [-0.39, 0.29) is 4.59 Å². The highest BCUT2D eigenvalue weighted by Gasteiger charge is 2.48. The molecule has 2 N–H and O–H groups in total. The number of fused-ring (bicyclic) bond motifs is 2. The van der Waals surface area contributed by atoms with Crippen LogP contribution in [0, 0.1) is 18.8 Å². The number of nitrogens with two attached hydrogens (primary N) is 1. The molecule has 7 rings (SSSR count). The third-order valence-electron chi connectivity index (χ3n) is 8.13. The lowest BCUT2D eigenvalue weighted by atomic mass is 9.72. The molecule has 2 fully saturated rings. The molecule has 1 saturated carbocycles. The lowest BCUT2D eigenvalue weighted by molar-refractivity contribution is -0.750. The van der Waals surface area contributed by atoms with Gasteiger partial charge in [-0.2, -0.15) is 10.8 Å². The Hall–Kier alpha value is -3.65. The van der Waals surface area contributed by atoms with Gasteiger partial charge in [0, 0.05) is 23.9 Å². The molecule has 3 aliphatic heterocycles. The van der Waals surface area contributed by atoms with Crippen molar-refractivity contribution >= 4 is 23.0 Å². The second-order valence-electron chi connectivity index (χ2n) is 10.7. The van der Waals surface area contributed by atoms with E-state index in [2.05, 4.69) is 35.0 Å². The van der Waals surface area contributed by atoms with Crippen LogP contribution in [-0.4, -0.2) is 46.2 Å². The fraction of sp³-hybridized carbons (Fsp3) is 0.300. The van der Waals surface area contributed by atoms with Crippen molar-refractivity contribution in [1.29, 1.82) is 0 Å². The van der Waals surface area contributed by atoms with Gasteiger partial charge in [-0.1, -0.05) is 24.3 Å². The van der Waals surface area contributed by atoms with Gasteiger partial charge in [0.05, 0.1) is 23.5 Å². The number of likely N-dealkylation sites (tertiary alicyclic amines) is 1. The van der Waals surface area contributed by atoms with Crippen LogP contribution >= 0.6 is 0 Å². The van der Waals surface area contributed by atoms with Crippen LogP contribution in [0.2, 0.25) is 0 Å². The molecule has 7 nitrogen and oxygen atoms in total. The normalized spacial score (nSPS) is 26.6. The number of aromatic nitrogens is 1. The lowest BCUT2D eigenvalue weighted by Crippen LogP contribution is -2.53. The molecule has 186 valence electrons. The molecule has 1 unspecified atom stereocenters. The number of quaternary nitrogens is 1. The Balaban J connectivity index is 1.21. The van der Waals surface area contributed by atoms with Crippen molar-refractivity contribution in [1.82, 2.24) is 9.88 Å². The zero-order valence-electron chi connectivity index (χ0n) is 21.0. The maximum Gasteiger partial charge on any atom is 0.264 e. The molecule has 0 spiro atoms. The fourth-order valence-electron chi connectivity index (χ4n) is 5.92. The Kier molecular flexibility index (Phi) is 5.32. The first-order chi connectivity index (χ1) is 18.1. The molecule has 1 aromatic heterocycles. The molecule has 0 amide bonds. The summed E-state index contributed by atoms with van der Waals surface area (Å²) < 4.78 is 6.10. The number of aliphatic imine (C=N–C) groups is 2. The first-order valence-electron chi connectivity index (χ1n) is 13.2. The second kappa shape index (κ2) is 8.73. The number of nitrogens with zero attached hydrogens (tertiary/aromatic N) is 5. The average Bonchev–Trinajstić information content (AvgIpc) is 3.15. The summed E-state index contributed by atoms with van der Waals surface area (Å²) >= 11 is 0. The van der Waals surface area contributed by atoms with E-state index in [0.29, 0.717) is 11.8 Å². The highest BCUT2D eigenvalue weighted by atomic mass is 16.5. The van der Waals surface area contributed by atoms with Crippen molar-refractivity contribution in [2.75, 3.05) is 19.6 Å². The van der Waals surface area contributed by atoms with Gasteiger partial charge in [-0.3, -0.25) is 4.99 Å². The Morgan fingerprint density at radius 2 is 1.92 bits per heavy atom. The minimum Gasteiger partial charge on any atom is -0.439 e. The molecular weight excluding hydrogens is 460 g/mol. The zero-order chi connectivity index (χ0) is 25.0. The van der Waals surface area contributed by atoms with Gasteiger partial charge in [0.15, 0.2) is 0 Å². The van der Waals surface area contributed by atoms with Crippen molar-refractivity contribution in [3.8, 4) is 11.6 Å². The van der Waals surface area contributed by atoms with Gasteiger partial charge >= 0.3 is 0 Å². The van der Waals surface area contributed by atoms with Crippen molar-refractivity contribution in [3.05, 3.63) is 89.5 Å². The summed E-state index contributed by atoms with van der Waals surface area (Å²) in [5, 5.41) is 1.09. The van der Waals surface area contributed by atoms with E-state index < -0.39 is 0 Å². The van der Waals surface area contributed by atoms with Crippen LogP contribution in [0.4, 0.5) is 0 Å². The largest absolute Gasteiger partial charge is 0.439 e. The predicted octanol–water partition coefficient (Wildman–Crippen LogP) is 5.29. The highest BCUT2D eigenvalue weighted by Crippen LogP contribution is 2.45. The summed E-state index contributed by atoms with van der Waals surface area (Å²) in [6.45, 7) is 5.81. The first kappa shape index (κ1) is 22.5. The smallest absolute Gasteiger partial charge is 0.264 e. The van der Waals surface area contributed by atoms with Gasteiger partial charge in [-0.15, -0.1) is 4.59 Å². The number of aryl methyl sites for hydroxylation is 1. The number of rotatable bonds is 6. The summed E-state index contributed by atoms with van der Waals surface area (Å²) in [7, 11) is 0. The molecular formula is C30H31N6O+. The molecule has 1 atom stereocenters. The molecule has 3 aromatic rings. The monoisotopic (exact) mass is 491 g/mol. The van der Waals surface area contributed by atoms with Gasteiger partial charge in [0.25, 0.3) is 5.84 Å². The van der Waals surface area contributed by atoms with Crippen LogP contribution < -0.4 is 10.6 Å². The summed E-state index contributed by atoms with van der Waals surface area (Å²) in [4.78, 5) is 17.0. The summed E-state index contributed by atoms with van der Waals surface area (Å²) in [5.41, 5.74) is 5.01. The SMILES string of the molecule is Cc1cc(Oc2ccccc2)nc2cc(C3=NC(C4CC(CN5CCC5)C4)=C4C=NC=C[N+]34N)ccc12. The van der Waals surface area contributed by atoms with E-state index in [1.807, 2.05) is 48.8 Å². The van der Waals surface area contributed by atoms with Crippen LogP contribution in [0.3, 0.4) is 0 Å². The number of ether oxygens (including phenoxy) is 1. The van der Waals surface area contributed by atoms with Gasteiger partial charge in [-0.25, -0.2) is 4.98 Å². The van der Waals surface area contributed by atoms with E-state index in [4.69, 9.17) is 20.6 Å². The van der Waals surface area contributed by atoms with Crippen LogP contribution in [0.5, 0.6) is 11.6 Å². The topological polar surface area (TPSA) is 76.1 Å². The highest BCUT2D eigenvalue weighted by molar-refractivity contribution is 6.02. The number of amidine groups is 1. The van der Waals surface area contributed by atoms with Gasteiger partial charge in [0.1, 0.15) is 17.6 Å². The second-order valence-corrected chi connectivity index (χ2v) is 10.7. The van der Waals surface area contributed by atoms with E-state index in [1.54, 1.807) is 6.20 Å². The minimum absolute atomic E-state index is 0.0524. The number of pyridine rings is 1. The number of hydrogen-bond donors (Lipinski definition) is 1. The van der Waals surface area contributed by atoms with Crippen LogP contribution in [0.1, 0.15) is 30.4 Å². The van der Waals surface area contributed by atoms with Crippen LogP contribution in [-0.2, 0) is 0 Å². The third-order valence-corrected chi connectivity index (χ3v) is 8.13. The maximum absolute atomic E-state index is 7.02. The van der Waals surface area contributed by atoms with Crippen molar-refractivity contribution < 1.29 is 9.33 Å². The van der Waals surface area contributed by atoms with E-state index >= 15 is 0 Å². The average molecular weight is 492 g/mol. The molecule has 1 aliphatic carbocycles. The van der Waals surface area contributed by atoms with Crippen LogP contribution in [0.25, 0.3) is 10.9 Å². The molecule has 7 heteroatoms. The summed E-state index contributed by atoms with van der Waals surface area (Å²) in [6.07, 6.45) is 9.27. The van der Waals surface area contributed by atoms with Gasteiger partial charge < -0.3 is 9.64 Å². The van der Waals surface area contributed by atoms with Crippen molar-refractivity contribution in [2.45, 2.75) is 26.2 Å². The quantitative estimate of drug-likeness (QED) is 0.376. The number of benzene rings is 2. The van der Waals surface area contributed by atoms with E-state index in [0.717, 1.165) is 50.9 Å². The Bertz CT molecular complexity index is 1500. The molecule has 0 bridgehead atoms. The summed E-state index contributed by atoms with van der Waals surface area (Å²) in [6, 6.07) is 18.0. The molecule has 2 aromatic carbocycles. The first-order valence-corrected chi connectivity index (χ1v) is 13.2. The third kappa shape index (κ3) is 3.91. The molecule has 1 saturated heterocycles. The molecule has 4 aliphatic rings. The number of hydrogen-bond acceptors (Lipinski definition) is 6. The fourth-order valence-corrected chi connectivity index (χ4v) is 5.92. The van der Waals surface area contributed by atoms with Gasteiger partial charge in [0.2, 0.25) is 11.6 Å². The maximum atomic E-state index is 7.02. The Morgan fingerprint density at radius 1 is 1.08 bits per heavy atom. The molecule has 4 heterocycles. The zero-order valence-corrected chi connectivity index (χ0v) is 21.0. The van der Waals surface area contributed by atoms with Gasteiger partial charge in [-0.05, 0) is 75.0 Å². The lowest BCUT2D eigenvalue weighted by Gasteiger charge is -2.41. The standard InChI is InChI=1S/C30H31N6O/c1-20-14-28(37-24-6-3-2-4-7-24)33-26-17-22(8-9-25(20)26)30-34-29(27-18-32-10-13-36(27,30)31)23-15-21(16-23)19-35-11-5-12-35/h2-4,6-10,13-14,17-18,21,23H,5,11-12,15-16,19,31H2,1H3/q+1. The van der Waals surface area contributed by atoms with E-state index in [9.17, 15) is 0 Å². The number of para-hydroxylation sites is 1. The molecule has 0 radical (unpaired) electrons. The van der Waals surface area contributed by atoms with Crippen molar-refractivity contribution in [2.24, 2.45) is 27.7 Å². The number of allylic oxidation sites excluding steroid dienone is 2. The minimum atomic E-state index is 0.0524. The van der Waals surface area contributed by atoms with Crippen molar-refractivity contribution in [3.63, 3.8) is 0 Å². The Labute approximate surface area is 216 Å². The summed E-state index contributed by atoms with van der Waals surface area (Å²) in [5.74, 6) is 10.4. The van der Waals surface area contributed by atoms with Crippen LogP contribution in [0.15, 0.2) is 88.4 Å².